The van der Waals surface area contributed by atoms with Gasteiger partial charge in [0.1, 0.15) is 5.75 Å². The van der Waals surface area contributed by atoms with Crippen LogP contribution in [0.4, 0.5) is 10.5 Å². The van der Waals surface area contributed by atoms with Gasteiger partial charge in [0.05, 0.1) is 38.1 Å². The number of imide groups is 1. The summed E-state index contributed by atoms with van der Waals surface area (Å²) in [6.45, 7) is 3.84. The molecule has 4 amide bonds. The molecule has 2 unspecified atom stereocenters. The maximum atomic E-state index is 14.2. The van der Waals surface area contributed by atoms with Crippen molar-refractivity contribution in [2.45, 2.75) is 77.8 Å². The van der Waals surface area contributed by atoms with Crippen molar-refractivity contribution in [1.82, 2.24) is 9.80 Å². The maximum absolute atomic E-state index is 14.2. The van der Waals surface area contributed by atoms with Crippen LogP contribution in [0.2, 0.25) is 0 Å². The Morgan fingerprint density at radius 2 is 1.54 bits per heavy atom. The molecule has 1 aliphatic heterocycles. The van der Waals surface area contributed by atoms with E-state index in [0.29, 0.717) is 16.0 Å². The lowest BCUT2D eigenvalue weighted by Gasteiger charge is -2.25. The first-order valence-corrected chi connectivity index (χ1v) is 16.9. The number of aliphatic hydroxyl groups excluding tert-OH is 1. The molecule has 1 fully saturated rings. The molecule has 3 aromatic carbocycles. The number of ether oxygens (including phenoxy) is 3. The van der Waals surface area contributed by atoms with Crippen molar-refractivity contribution in [1.29, 1.82) is 0 Å². The molecule has 0 bridgehead atoms. The van der Waals surface area contributed by atoms with E-state index in [9.17, 15) is 29.1 Å². The number of Topliss-reactive ketones (excluding diaryl/α,β-unsaturated/α-hetero) is 1. The lowest BCUT2D eigenvalue weighted by atomic mass is 10.0. The molecule has 0 aliphatic carbocycles. The number of benzene rings is 3. The van der Waals surface area contributed by atoms with Crippen LogP contribution in [-0.2, 0) is 32.2 Å². The summed E-state index contributed by atoms with van der Waals surface area (Å²) in [6, 6.07) is 16.2. The number of carbonyl (C=O) groups excluding carboxylic acids is 5. The molecule has 3 aromatic rings. The van der Waals surface area contributed by atoms with E-state index >= 15 is 0 Å². The number of anilines is 1. The number of hydrogen-bond acceptors (Lipinski definition) is 9. The fourth-order valence-corrected chi connectivity index (χ4v) is 5.62. The Balaban J connectivity index is 1.63. The Labute approximate surface area is 292 Å². The third-order valence-electron chi connectivity index (χ3n) is 8.30. The summed E-state index contributed by atoms with van der Waals surface area (Å²) in [6.07, 6.45) is 4.79. The van der Waals surface area contributed by atoms with Gasteiger partial charge in [-0.05, 0) is 42.7 Å². The number of urea groups is 1. The fourth-order valence-electron chi connectivity index (χ4n) is 5.62. The van der Waals surface area contributed by atoms with Crippen LogP contribution in [0.3, 0.4) is 0 Å². The van der Waals surface area contributed by atoms with Gasteiger partial charge < -0.3 is 24.6 Å². The summed E-state index contributed by atoms with van der Waals surface area (Å²) in [7, 11) is 1.37. The van der Waals surface area contributed by atoms with Gasteiger partial charge in [-0.25, -0.2) is 14.5 Å². The van der Waals surface area contributed by atoms with Crippen LogP contribution in [-0.4, -0.2) is 77.1 Å². The highest BCUT2D eigenvalue weighted by atomic mass is 16.5. The second-order valence-corrected chi connectivity index (χ2v) is 11.8. The number of esters is 1. The molecule has 12 heteroatoms. The minimum atomic E-state index is -1.97. The van der Waals surface area contributed by atoms with Gasteiger partial charge in [0, 0.05) is 12.2 Å². The first-order chi connectivity index (χ1) is 24.2. The van der Waals surface area contributed by atoms with Gasteiger partial charge in [-0.3, -0.25) is 19.3 Å². The van der Waals surface area contributed by atoms with Crippen LogP contribution >= 0.6 is 0 Å². The summed E-state index contributed by atoms with van der Waals surface area (Å²) in [5.41, 5.74) is 1.41. The molecular weight excluding hydrogens is 642 g/mol. The SMILES string of the molecule is CCCCCCCCOC(=O)c1ccc(OC)c(NC(=O)C(C(=O)c2ccc(CO)cc2)N2C(=O)C(OCC)N(Cc3ccccc3)C2=O)c1. The van der Waals surface area contributed by atoms with E-state index in [-0.39, 0.29) is 48.9 Å². The first-order valence-electron chi connectivity index (χ1n) is 16.9. The monoisotopic (exact) mass is 687 g/mol. The predicted octanol–water partition coefficient (Wildman–Crippen LogP) is 5.72. The molecule has 2 atom stereocenters. The molecule has 0 spiro atoms. The number of nitrogens with zero attached hydrogens (tertiary/aromatic N) is 2. The molecule has 2 N–H and O–H groups in total. The van der Waals surface area contributed by atoms with Crippen molar-refractivity contribution in [2.24, 2.45) is 0 Å². The Bertz CT molecular complexity index is 1630. The molecule has 12 nitrogen and oxygen atoms in total. The molecular formula is C38H45N3O9. The zero-order chi connectivity index (χ0) is 36.0. The zero-order valence-electron chi connectivity index (χ0n) is 28.8. The first kappa shape index (κ1) is 37.7. The number of rotatable bonds is 19. The highest BCUT2D eigenvalue weighted by Gasteiger charge is 2.53. The molecule has 0 aromatic heterocycles. The standard InChI is InChI=1S/C38H45N3O9/c1-4-6-7-8-9-13-22-50-37(46)29-20-21-31(48-3)30(23-29)39-34(44)32(33(43)28-18-16-27(25-42)17-19-28)41-35(45)36(49-5-2)40(38(41)47)24-26-14-11-10-12-15-26/h10-12,14-21,23,32,36,42H,4-9,13,22,24-25H2,1-3H3,(H,39,44). The highest BCUT2D eigenvalue weighted by Crippen LogP contribution is 2.30. The molecule has 1 saturated heterocycles. The van der Waals surface area contributed by atoms with Crippen LogP contribution in [0, 0.1) is 0 Å². The van der Waals surface area contributed by atoms with Crippen molar-refractivity contribution in [3.05, 3.63) is 95.1 Å². The summed E-state index contributed by atoms with van der Waals surface area (Å²) < 4.78 is 16.6. The maximum Gasteiger partial charge on any atom is 0.338 e. The van der Waals surface area contributed by atoms with Gasteiger partial charge in [-0.15, -0.1) is 0 Å². The molecule has 266 valence electrons. The highest BCUT2D eigenvalue weighted by molar-refractivity contribution is 6.22. The van der Waals surface area contributed by atoms with E-state index in [2.05, 4.69) is 12.2 Å². The van der Waals surface area contributed by atoms with E-state index in [1.807, 2.05) is 6.07 Å². The fraction of sp³-hybridized carbons (Fsp3) is 0.395. The number of hydrogen-bond donors (Lipinski definition) is 2. The number of aliphatic hydroxyl groups is 1. The summed E-state index contributed by atoms with van der Waals surface area (Å²) >= 11 is 0. The molecule has 0 radical (unpaired) electrons. The lowest BCUT2D eigenvalue weighted by Crippen LogP contribution is -2.52. The molecule has 50 heavy (non-hydrogen) atoms. The topological polar surface area (TPSA) is 152 Å². The Morgan fingerprint density at radius 3 is 2.20 bits per heavy atom. The number of unbranched alkanes of at least 4 members (excludes halogenated alkanes) is 5. The minimum Gasteiger partial charge on any atom is -0.495 e. The minimum absolute atomic E-state index is 0.0168. The van der Waals surface area contributed by atoms with Crippen molar-refractivity contribution in [3.8, 4) is 5.75 Å². The molecule has 0 saturated carbocycles. The van der Waals surface area contributed by atoms with Gasteiger partial charge >= 0.3 is 12.0 Å². The van der Waals surface area contributed by atoms with Crippen LogP contribution in [0.1, 0.15) is 84.2 Å². The van der Waals surface area contributed by atoms with Crippen molar-refractivity contribution in [3.63, 3.8) is 0 Å². The average Bonchev–Trinajstić information content (AvgIpc) is 3.35. The van der Waals surface area contributed by atoms with Gasteiger partial charge in [0.2, 0.25) is 6.23 Å². The Hall–Kier alpha value is -5.07. The molecule has 1 aliphatic rings. The number of nitrogens with one attached hydrogen (secondary N) is 1. The molecule has 4 rings (SSSR count). The third kappa shape index (κ3) is 9.33. The van der Waals surface area contributed by atoms with E-state index in [1.54, 1.807) is 31.2 Å². The number of amides is 4. The quantitative estimate of drug-likeness (QED) is 0.0530. The average molecular weight is 688 g/mol. The van der Waals surface area contributed by atoms with Crippen molar-refractivity contribution in [2.75, 3.05) is 25.6 Å². The largest absolute Gasteiger partial charge is 0.495 e. The van der Waals surface area contributed by atoms with E-state index in [0.717, 1.165) is 32.1 Å². The van der Waals surface area contributed by atoms with Gasteiger partial charge in [0.15, 0.2) is 11.8 Å². The zero-order valence-corrected chi connectivity index (χ0v) is 28.8. The van der Waals surface area contributed by atoms with Crippen molar-refractivity contribution >= 4 is 35.3 Å². The van der Waals surface area contributed by atoms with Crippen molar-refractivity contribution < 1.29 is 43.3 Å². The number of methoxy groups -OCH3 is 1. The second-order valence-electron chi connectivity index (χ2n) is 11.8. The lowest BCUT2D eigenvalue weighted by molar-refractivity contribution is -0.144. The van der Waals surface area contributed by atoms with Crippen LogP contribution in [0.5, 0.6) is 5.75 Å². The number of carbonyl (C=O) groups is 5. The van der Waals surface area contributed by atoms with Crippen LogP contribution < -0.4 is 10.1 Å². The summed E-state index contributed by atoms with van der Waals surface area (Å²) in [4.78, 5) is 70.9. The van der Waals surface area contributed by atoms with E-state index in [4.69, 9.17) is 14.2 Å². The van der Waals surface area contributed by atoms with Gasteiger partial charge in [-0.1, -0.05) is 93.6 Å². The number of ketones is 1. The van der Waals surface area contributed by atoms with Crippen LogP contribution in [0.25, 0.3) is 0 Å². The van der Waals surface area contributed by atoms with E-state index < -0.39 is 41.9 Å². The second kappa shape index (κ2) is 18.6. The predicted molar refractivity (Wildman–Crippen MR) is 185 cm³/mol. The van der Waals surface area contributed by atoms with E-state index in [1.165, 1.54) is 60.9 Å². The molecule has 1 heterocycles. The third-order valence-corrected chi connectivity index (χ3v) is 8.30. The van der Waals surface area contributed by atoms with Gasteiger partial charge in [-0.2, -0.15) is 0 Å². The van der Waals surface area contributed by atoms with Gasteiger partial charge in [0.25, 0.3) is 11.8 Å². The Kier molecular flexibility index (Phi) is 14.1. The summed E-state index contributed by atoms with van der Waals surface area (Å²) in [5, 5.41) is 12.1. The normalized spacial score (nSPS) is 14.8. The smallest absolute Gasteiger partial charge is 0.338 e. The summed E-state index contributed by atoms with van der Waals surface area (Å²) in [5.74, 6) is -3.18. The van der Waals surface area contributed by atoms with Crippen LogP contribution in [0.15, 0.2) is 72.8 Å². The Morgan fingerprint density at radius 1 is 0.860 bits per heavy atom.